The molecule has 3 aromatic carbocycles. The van der Waals surface area contributed by atoms with Gasteiger partial charge >= 0.3 is 0 Å². The molecule has 33 heavy (non-hydrogen) atoms. The minimum atomic E-state index is -0.508. The van der Waals surface area contributed by atoms with Crippen LogP contribution in [0.4, 0.5) is 0 Å². The van der Waals surface area contributed by atoms with Crippen molar-refractivity contribution in [2.45, 2.75) is 23.8 Å². The normalized spacial score (nSPS) is 11.1. The Labute approximate surface area is 204 Å². The van der Waals surface area contributed by atoms with Gasteiger partial charge in [0.1, 0.15) is 10.8 Å². The second-order valence-corrected chi connectivity index (χ2v) is 9.31. The van der Waals surface area contributed by atoms with Gasteiger partial charge in [0.05, 0.1) is 28.7 Å². The molecule has 0 bridgehead atoms. The van der Waals surface area contributed by atoms with E-state index in [1.807, 2.05) is 41.9 Å². The topological polar surface area (TPSA) is 79.5 Å². The molecule has 4 rings (SSSR count). The van der Waals surface area contributed by atoms with Crippen LogP contribution in [0.2, 0.25) is 0 Å². The number of phenolic OH excluding ortho intramolecular Hbond substituents is 1. The second kappa shape index (κ2) is 10.1. The molecule has 0 atom stereocenters. The molecule has 2 N–H and O–H groups in total. The Morgan fingerprint density at radius 3 is 2.55 bits per heavy atom. The van der Waals surface area contributed by atoms with Crippen LogP contribution < -0.4 is 5.43 Å². The fraction of sp³-hybridized carbons (Fsp3) is 0.0800. The zero-order valence-corrected chi connectivity index (χ0v) is 20.4. The van der Waals surface area contributed by atoms with Gasteiger partial charge in [0, 0.05) is 9.37 Å². The van der Waals surface area contributed by atoms with E-state index in [0.29, 0.717) is 4.47 Å². The molecule has 0 fully saturated rings. The molecule has 166 valence electrons. The summed E-state index contributed by atoms with van der Waals surface area (Å²) in [7, 11) is 0. The minimum Gasteiger partial charge on any atom is -0.507 e. The molecule has 0 aliphatic heterocycles. The fourth-order valence-electron chi connectivity index (χ4n) is 3.13. The van der Waals surface area contributed by atoms with Crippen LogP contribution in [0, 0.1) is 13.8 Å². The number of hydrazone groups is 1. The molecule has 1 heterocycles. The molecule has 0 radical (unpaired) electrons. The number of nitrogens with one attached hydrogen (secondary N) is 1. The van der Waals surface area contributed by atoms with Crippen molar-refractivity contribution in [3.8, 4) is 11.4 Å². The van der Waals surface area contributed by atoms with Crippen molar-refractivity contribution in [3.05, 3.63) is 99.7 Å². The molecule has 1 amide bonds. The first-order valence-corrected chi connectivity index (χ1v) is 11.7. The number of carbonyl (C=O) groups is 1. The monoisotopic (exact) mass is 520 g/mol. The van der Waals surface area contributed by atoms with Gasteiger partial charge in [-0.25, -0.2) is 10.1 Å². The number of carbonyl (C=O) groups excluding carboxylic acids is 1. The number of para-hydroxylation sites is 1. The summed E-state index contributed by atoms with van der Waals surface area (Å²) in [5.74, 6) is -0.625. The summed E-state index contributed by atoms with van der Waals surface area (Å²) in [6.07, 6.45) is 1.59. The van der Waals surface area contributed by atoms with Gasteiger partial charge in [-0.2, -0.15) is 10.2 Å². The summed E-state index contributed by atoms with van der Waals surface area (Å²) in [6, 6.07) is 22.8. The number of halogens is 1. The smallest absolute Gasteiger partial charge is 0.275 e. The molecule has 0 aliphatic carbocycles. The number of rotatable bonds is 6. The number of hydrogen-bond donors (Lipinski definition) is 2. The number of nitrogens with zero attached hydrogens (tertiary/aromatic N) is 3. The number of aryl methyl sites for hydroxylation is 2. The van der Waals surface area contributed by atoms with Crippen LogP contribution in [-0.2, 0) is 0 Å². The van der Waals surface area contributed by atoms with E-state index >= 15 is 0 Å². The summed E-state index contributed by atoms with van der Waals surface area (Å²) in [5.41, 5.74) is 6.31. The van der Waals surface area contributed by atoms with Crippen LogP contribution in [0.1, 0.15) is 27.2 Å². The predicted octanol–water partition coefficient (Wildman–Crippen LogP) is 5.87. The highest BCUT2D eigenvalue weighted by atomic mass is 79.9. The maximum absolute atomic E-state index is 12.5. The molecule has 0 unspecified atom stereocenters. The first kappa shape index (κ1) is 22.8. The van der Waals surface area contributed by atoms with E-state index in [2.05, 4.69) is 57.6 Å². The van der Waals surface area contributed by atoms with E-state index in [0.717, 1.165) is 26.9 Å². The van der Waals surface area contributed by atoms with Gasteiger partial charge in [-0.1, -0.05) is 63.6 Å². The van der Waals surface area contributed by atoms with Gasteiger partial charge in [-0.15, -0.1) is 0 Å². The highest BCUT2D eigenvalue weighted by molar-refractivity contribution is 9.10. The third kappa shape index (κ3) is 5.35. The fourth-order valence-corrected chi connectivity index (χ4v) is 4.53. The Bertz CT molecular complexity index is 1320. The summed E-state index contributed by atoms with van der Waals surface area (Å²) >= 11 is 4.88. The van der Waals surface area contributed by atoms with Crippen molar-refractivity contribution >= 4 is 39.8 Å². The van der Waals surface area contributed by atoms with Gasteiger partial charge in [-0.3, -0.25) is 4.79 Å². The van der Waals surface area contributed by atoms with Crippen LogP contribution >= 0.6 is 27.7 Å². The number of amides is 1. The van der Waals surface area contributed by atoms with E-state index < -0.39 is 5.91 Å². The van der Waals surface area contributed by atoms with Crippen molar-refractivity contribution in [1.29, 1.82) is 0 Å². The second-order valence-electron chi connectivity index (χ2n) is 7.33. The molecule has 6 nitrogen and oxygen atoms in total. The highest BCUT2D eigenvalue weighted by Crippen LogP contribution is 2.33. The van der Waals surface area contributed by atoms with E-state index in [4.69, 9.17) is 5.10 Å². The summed E-state index contributed by atoms with van der Waals surface area (Å²) < 4.78 is 2.56. The maximum atomic E-state index is 12.5. The Morgan fingerprint density at radius 2 is 1.82 bits per heavy atom. The number of benzene rings is 3. The van der Waals surface area contributed by atoms with Gasteiger partial charge in [0.25, 0.3) is 5.91 Å². The summed E-state index contributed by atoms with van der Waals surface area (Å²) in [6.45, 7) is 3.96. The molecule has 0 saturated carbocycles. The van der Waals surface area contributed by atoms with Crippen molar-refractivity contribution in [1.82, 2.24) is 15.2 Å². The molecule has 0 saturated heterocycles. The number of aromatic hydroxyl groups is 1. The van der Waals surface area contributed by atoms with Crippen LogP contribution in [0.3, 0.4) is 0 Å². The number of hydrogen-bond acceptors (Lipinski definition) is 5. The minimum absolute atomic E-state index is 0.116. The average Bonchev–Trinajstić information content (AvgIpc) is 3.12. The standard InChI is InChI=1S/C25H21BrN4O2S/c1-16-8-11-20(12-9-16)33-25-22(17(2)29-30(25)19-6-4-3-5-7-19)15-27-28-24(32)21-14-18(26)10-13-23(21)31/h3-15,31H,1-2H3,(H,28,32)/b27-15+. The van der Waals surface area contributed by atoms with Crippen molar-refractivity contribution < 1.29 is 9.90 Å². The van der Waals surface area contributed by atoms with Crippen LogP contribution in [0.5, 0.6) is 5.75 Å². The zero-order valence-electron chi connectivity index (χ0n) is 18.0. The van der Waals surface area contributed by atoms with Gasteiger partial charge in [-0.05, 0) is 56.3 Å². The molecular weight excluding hydrogens is 500 g/mol. The molecular formula is C25H21BrN4O2S. The Balaban J connectivity index is 1.66. The van der Waals surface area contributed by atoms with E-state index in [-0.39, 0.29) is 11.3 Å². The van der Waals surface area contributed by atoms with Crippen molar-refractivity contribution in [2.24, 2.45) is 5.10 Å². The number of aromatic nitrogens is 2. The first-order valence-electron chi connectivity index (χ1n) is 10.1. The first-order chi connectivity index (χ1) is 15.9. The third-order valence-corrected chi connectivity index (χ3v) is 6.45. The van der Waals surface area contributed by atoms with Gasteiger partial charge in [0.2, 0.25) is 0 Å². The molecule has 0 spiro atoms. The summed E-state index contributed by atoms with van der Waals surface area (Å²) in [5, 5.41) is 19.7. The number of phenols is 1. The van der Waals surface area contributed by atoms with Crippen molar-refractivity contribution in [3.63, 3.8) is 0 Å². The Hall–Kier alpha value is -3.36. The SMILES string of the molecule is Cc1ccc(Sc2c(/C=N/NC(=O)c3cc(Br)ccc3O)c(C)nn2-c2ccccc2)cc1. The lowest BCUT2D eigenvalue weighted by atomic mass is 10.2. The van der Waals surface area contributed by atoms with Gasteiger partial charge < -0.3 is 5.11 Å². The van der Waals surface area contributed by atoms with Crippen LogP contribution in [0.25, 0.3) is 5.69 Å². The average molecular weight is 521 g/mol. The molecule has 1 aromatic heterocycles. The van der Waals surface area contributed by atoms with Crippen LogP contribution in [-0.4, -0.2) is 27.0 Å². The molecule has 4 aromatic rings. The van der Waals surface area contributed by atoms with E-state index in [1.54, 1.807) is 24.0 Å². The van der Waals surface area contributed by atoms with Crippen molar-refractivity contribution in [2.75, 3.05) is 0 Å². The Kier molecular flexibility index (Phi) is 6.96. The highest BCUT2D eigenvalue weighted by Gasteiger charge is 2.17. The molecule has 0 aliphatic rings. The predicted molar refractivity (Wildman–Crippen MR) is 134 cm³/mol. The van der Waals surface area contributed by atoms with Gasteiger partial charge in [0.15, 0.2) is 0 Å². The van der Waals surface area contributed by atoms with E-state index in [1.165, 1.54) is 17.7 Å². The quantitative estimate of drug-likeness (QED) is 0.246. The third-order valence-electron chi connectivity index (χ3n) is 4.86. The lowest BCUT2D eigenvalue weighted by Gasteiger charge is -2.08. The van der Waals surface area contributed by atoms with E-state index in [9.17, 15) is 9.90 Å². The van der Waals surface area contributed by atoms with Crippen LogP contribution in [0.15, 0.2) is 92.3 Å². The molecule has 8 heteroatoms. The zero-order chi connectivity index (χ0) is 23.4. The Morgan fingerprint density at radius 1 is 1.09 bits per heavy atom. The lowest BCUT2D eigenvalue weighted by Crippen LogP contribution is -2.17. The maximum Gasteiger partial charge on any atom is 0.275 e. The largest absolute Gasteiger partial charge is 0.507 e. The lowest BCUT2D eigenvalue weighted by molar-refractivity contribution is 0.0952. The summed E-state index contributed by atoms with van der Waals surface area (Å²) in [4.78, 5) is 13.6.